The number of fused-ring (bicyclic) bond motifs is 1. The van der Waals surface area contributed by atoms with E-state index in [1.165, 1.54) is 17.2 Å². The van der Waals surface area contributed by atoms with Crippen LogP contribution in [0.3, 0.4) is 0 Å². The molecule has 1 aliphatic carbocycles. The molecule has 1 heterocycles. The second-order valence-electron chi connectivity index (χ2n) is 8.85. The third-order valence-electron chi connectivity index (χ3n) is 4.94. The highest BCUT2D eigenvalue weighted by Crippen LogP contribution is 2.42. The number of carbonyl (C=O) groups excluding carboxylic acids is 1. The highest BCUT2D eigenvalue weighted by molar-refractivity contribution is 6.34. The van der Waals surface area contributed by atoms with Gasteiger partial charge in [0, 0.05) is 30.9 Å². The normalized spacial score (nSPS) is 17.1. The maximum absolute atomic E-state index is 13.0. The highest BCUT2D eigenvalue weighted by atomic mass is 35.5. The fraction of sp³-hybridized carbons (Fsp3) is 0.500. The van der Waals surface area contributed by atoms with Gasteiger partial charge in [0.15, 0.2) is 5.75 Å². The van der Waals surface area contributed by atoms with Crippen molar-refractivity contribution in [3.05, 3.63) is 40.6 Å². The van der Waals surface area contributed by atoms with Crippen molar-refractivity contribution in [3.8, 4) is 5.75 Å². The van der Waals surface area contributed by atoms with E-state index in [-0.39, 0.29) is 22.5 Å². The second kappa shape index (κ2) is 8.53. The van der Waals surface area contributed by atoms with Crippen LogP contribution in [0.25, 0.3) is 0 Å². The lowest BCUT2D eigenvalue weighted by molar-refractivity contribution is -0.274. The topological polar surface area (TPSA) is 41.6 Å². The summed E-state index contributed by atoms with van der Waals surface area (Å²) in [6, 6.07) is 2.84. The number of ether oxygens (including phenoxy) is 1. The van der Waals surface area contributed by atoms with Crippen LogP contribution in [-0.2, 0) is 4.79 Å². The summed E-state index contributed by atoms with van der Waals surface area (Å²) >= 11 is 6.31. The average Bonchev–Trinajstić information content (AvgIpc) is 2.61. The van der Waals surface area contributed by atoms with Gasteiger partial charge >= 0.3 is 6.36 Å². The van der Waals surface area contributed by atoms with Crippen LogP contribution in [0.15, 0.2) is 35.6 Å². The van der Waals surface area contributed by atoms with Gasteiger partial charge in [0.05, 0.1) is 5.02 Å². The first-order chi connectivity index (χ1) is 13.9. The number of allylic oxidation sites excluding steroid dienone is 2. The number of anilines is 2. The number of benzene rings is 1. The predicted octanol–water partition coefficient (Wildman–Crippen LogP) is 6.82. The summed E-state index contributed by atoms with van der Waals surface area (Å²) in [6.45, 7) is 6.22. The Morgan fingerprint density at radius 2 is 1.93 bits per heavy atom. The third kappa shape index (κ3) is 5.94. The van der Waals surface area contributed by atoms with Crippen LogP contribution in [0.4, 0.5) is 24.5 Å². The van der Waals surface area contributed by atoms with Crippen molar-refractivity contribution in [1.82, 2.24) is 0 Å². The van der Waals surface area contributed by atoms with Crippen molar-refractivity contribution >= 4 is 28.9 Å². The molecule has 2 aliphatic rings. The molecule has 4 nitrogen and oxygen atoms in total. The number of halogens is 4. The molecule has 0 fully saturated rings. The number of nitrogens with one attached hydrogen (secondary N) is 1. The summed E-state index contributed by atoms with van der Waals surface area (Å²) in [5.74, 6) is -0.947. The van der Waals surface area contributed by atoms with Crippen molar-refractivity contribution < 1.29 is 22.7 Å². The Hall–Kier alpha value is -2.15. The van der Waals surface area contributed by atoms with Crippen LogP contribution in [-0.4, -0.2) is 18.8 Å². The molecule has 0 saturated heterocycles. The zero-order valence-corrected chi connectivity index (χ0v) is 18.1. The fourth-order valence-corrected chi connectivity index (χ4v) is 3.95. The third-order valence-corrected chi connectivity index (χ3v) is 5.24. The van der Waals surface area contributed by atoms with Gasteiger partial charge in [-0.05, 0) is 48.3 Å². The van der Waals surface area contributed by atoms with E-state index in [4.69, 9.17) is 11.6 Å². The van der Waals surface area contributed by atoms with Crippen LogP contribution >= 0.6 is 11.6 Å². The summed E-state index contributed by atoms with van der Waals surface area (Å²) in [4.78, 5) is 14.2. The number of hydrogen-bond acceptors (Lipinski definition) is 3. The number of carbonyl (C=O) groups is 1. The highest BCUT2D eigenvalue weighted by Gasteiger charge is 2.34. The van der Waals surface area contributed by atoms with Gasteiger partial charge in [-0.3, -0.25) is 4.79 Å². The molecule has 1 aromatic rings. The molecule has 164 valence electrons. The Labute approximate surface area is 179 Å². The van der Waals surface area contributed by atoms with Crippen LogP contribution in [0.2, 0.25) is 5.02 Å². The minimum absolute atomic E-state index is 0.00241. The van der Waals surface area contributed by atoms with Crippen molar-refractivity contribution in [1.29, 1.82) is 0 Å². The number of nitrogens with zero attached hydrogens (tertiary/aromatic N) is 1. The molecular formula is C22H26ClF3N2O2. The van der Waals surface area contributed by atoms with Crippen molar-refractivity contribution in [2.45, 2.75) is 59.2 Å². The Morgan fingerprint density at radius 1 is 1.20 bits per heavy atom. The van der Waals surface area contributed by atoms with E-state index in [1.54, 1.807) is 6.07 Å². The number of rotatable bonds is 4. The van der Waals surface area contributed by atoms with Gasteiger partial charge in [0.2, 0.25) is 5.91 Å². The minimum Gasteiger partial charge on any atom is -0.403 e. The lowest BCUT2D eigenvalue weighted by atomic mass is 9.90. The summed E-state index contributed by atoms with van der Waals surface area (Å²) in [7, 11) is 0. The van der Waals surface area contributed by atoms with Gasteiger partial charge in [-0.25, -0.2) is 0 Å². The Kier molecular flexibility index (Phi) is 6.41. The smallest absolute Gasteiger partial charge is 0.403 e. The summed E-state index contributed by atoms with van der Waals surface area (Å²) in [5.41, 5.74) is 2.50. The molecule has 3 rings (SSSR count). The van der Waals surface area contributed by atoms with E-state index in [9.17, 15) is 18.0 Å². The van der Waals surface area contributed by atoms with Gasteiger partial charge < -0.3 is 15.0 Å². The standard InChI is InChI=1S/C22H26ClF3N2O2/c1-21(2,3)12-19(29)27-20-17(23)10-16(11-18(20)30-22(24,25)26)28-9-8-14-6-4-5-7-15(14)13-28/h6,10-11,13H,4-5,7-9,12H2,1-3H3,(H,27,29). The number of amides is 1. The van der Waals surface area contributed by atoms with E-state index in [0.29, 0.717) is 12.2 Å². The maximum atomic E-state index is 13.0. The maximum Gasteiger partial charge on any atom is 0.573 e. The molecule has 1 aliphatic heterocycles. The predicted molar refractivity (Wildman–Crippen MR) is 113 cm³/mol. The first-order valence-electron chi connectivity index (χ1n) is 9.97. The molecule has 0 aromatic heterocycles. The van der Waals surface area contributed by atoms with Crippen LogP contribution < -0.4 is 15.0 Å². The van der Waals surface area contributed by atoms with Gasteiger partial charge in [-0.2, -0.15) is 0 Å². The monoisotopic (exact) mass is 442 g/mol. The van der Waals surface area contributed by atoms with Crippen LogP contribution in [0.5, 0.6) is 5.75 Å². The minimum atomic E-state index is -4.91. The molecular weight excluding hydrogens is 417 g/mol. The molecule has 8 heteroatoms. The van der Waals surface area contributed by atoms with Gasteiger partial charge in [-0.15, -0.1) is 13.2 Å². The SMILES string of the molecule is CC(C)(C)CC(=O)Nc1c(Cl)cc(N2C=C3CCCC=C3CC2)cc1OC(F)(F)F. The van der Waals surface area contributed by atoms with Crippen LogP contribution in [0, 0.1) is 5.41 Å². The van der Waals surface area contributed by atoms with Crippen molar-refractivity contribution in [2.75, 3.05) is 16.8 Å². The molecule has 1 amide bonds. The largest absolute Gasteiger partial charge is 0.573 e. The summed E-state index contributed by atoms with van der Waals surface area (Å²) in [5, 5.41) is 2.49. The van der Waals surface area contributed by atoms with Crippen LogP contribution in [0.1, 0.15) is 52.9 Å². The zero-order chi connectivity index (χ0) is 22.1. The molecule has 0 unspecified atom stereocenters. The van der Waals surface area contributed by atoms with Crippen molar-refractivity contribution in [3.63, 3.8) is 0 Å². The number of hydrogen-bond donors (Lipinski definition) is 1. The van der Waals surface area contributed by atoms with E-state index in [1.807, 2.05) is 31.9 Å². The van der Waals surface area contributed by atoms with Gasteiger partial charge in [0.25, 0.3) is 0 Å². The Bertz CT molecular complexity index is 886. The van der Waals surface area contributed by atoms with E-state index in [0.717, 1.165) is 25.7 Å². The van der Waals surface area contributed by atoms with E-state index in [2.05, 4.69) is 16.1 Å². The van der Waals surface area contributed by atoms with Gasteiger partial charge in [0.1, 0.15) is 5.69 Å². The zero-order valence-electron chi connectivity index (χ0n) is 17.3. The molecule has 1 aromatic carbocycles. The summed E-state index contributed by atoms with van der Waals surface area (Å²) < 4.78 is 43.4. The fourth-order valence-electron chi connectivity index (χ4n) is 3.69. The molecule has 0 saturated carbocycles. The molecule has 0 radical (unpaired) electrons. The lowest BCUT2D eigenvalue weighted by Gasteiger charge is -2.31. The number of alkyl halides is 3. The second-order valence-corrected chi connectivity index (χ2v) is 9.26. The first-order valence-corrected chi connectivity index (χ1v) is 10.3. The van der Waals surface area contributed by atoms with Crippen molar-refractivity contribution in [2.24, 2.45) is 5.41 Å². The lowest BCUT2D eigenvalue weighted by Crippen LogP contribution is -2.25. The first kappa shape index (κ1) is 22.5. The quantitative estimate of drug-likeness (QED) is 0.556. The molecule has 30 heavy (non-hydrogen) atoms. The molecule has 0 spiro atoms. The Balaban J connectivity index is 1.94. The summed E-state index contributed by atoms with van der Waals surface area (Å²) in [6.07, 6.45) is 3.30. The van der Waals surface area contributed by atoms with E-state index >= 15 is 0 Å². The molecule has 0 bridgehead atoms. The average molecular weight is 443 g/mol. The van der Waals surface area contributed by atoms with Gasteiger partial charge in [-0.1, -0.05) is 38.4 Å². The molecule has 1 N–H and O–H groups in total. The van der Waals surface area contributed by atoms with E-state index < -0.39 is 18.0 Å². The molecule has 0 atom stereocenters. The Morgan fingerprint density at radius 3 is 2.60 bits per heavy atom.